The van der Waals surface area contributed by atoms with Gasteiger partial charge in [-0.1, -0.05) is 30.3 Å². The SMILES string of the molecule is CCOc1ccc(C(=O)N[C@@H](C)c2ccc(F)cc2)cc1COc1ccccc1. The van der Waals surface area contributed by atoms with Crippen molar-refractivity contribution in [3.8, 4) is 11.5 Å². The standard InChI is InChI=1S/C24H24FNO3/c1-3-28-23-14-11-19(15-20(23)16-29-22-7-5-4-6-8-22)24(27)26-17(2)18-9-12-21(25)13-10-18/h4-15,17H,3,16H2,1-2H3,(H,26,27)/t17-/m0/s1. The molecule has 0 aliphatic carbocycles. The van der Waals surface area contributed by atoms with Crippen LogP contribution in [-0.4, -0.2) is 12.5 Å². The van der Waals surface area contributed by atoms with Gasteiger partial charge < -0.3 is 14.8 Å². The molecule has 29 heavy (non-hydrogen) atoms. The molecule has 0 spiro atoms. The van der Waals surface area contributed by atoms with Crippen LogP contribution in [0.25, 0.3) is 0 Å². The number of para-hydroxylation sites is 1. The molecule has 0 aliphatic heterocycles. The lowest BCUT2D eigenvalue weighted by molar-refractivity contribution is 0.0939. The van der Waals surface area contributed by atoms with E-state index in [0.717, 1.165) is 16.9 Å². The van der Waals surface area contributed by atoms with Gasteiger partial charge in [-0.2, -0.15) is 0 Å². The third-order valence-corrected chi connectivity index (χ3v) is 4.48. The van der Waals surface area contributed by atoms with E-state index in [2.05, 4.69) is 5.32 Å². The van der Waals surface area contributed by atoms with Gasteiger partial charge in [-0.15, -0.1) is 0 Å². The van der Waals surface area contributed by atoms with Gasteiger partial charge in [0.15, 0.2) is 0 Å². The zero-order chi connectivity index (χ0) is 20.6. The molecule has 0 unspecified atom stereocenters. The fraction of sp³-hybridized carbons (Fsp3) is 0.208. The average molecular weight is 393 g/mol. The third-order valence-electron chi connectivity index (χ3n) is 4.48. The summed E-state index contributed by atoms with van der Waals surface area (Å²) in [5.74, 6) is 0.911. The van der Waals surface area contributed by atoms with Gasteiger partial charge in [0.25, 0.3) is 5.91 Å². The Hall–Kier alpha value is -3.34. The fourth-order valence-electron chi connectivity index (χ4n) is 2.92. The van der Waals surface area contributed by atoms with E-state index in [4.69, 9.17) is 9.47 Å². The summed E-state index contributed by atoms with van der Waals surface area (Å²) in [6, 6.07) is 20.6. The quantitative estimate of drug-likeness (QED) is 0.565. The van der Waals surface area contributed by atoms with E-state index < -0.39 is 0 Å². The smallest absolute Gasteiger partial charge is 0.251 e. The van der Waals surface area contributed by atoms with Gasteiger partial charge >= 0.3 is 0 Å². The maximum Gasteiger partial charge on any atom is 0.251 e. The number of hydrogen-bond acceptors (Lipinski definition) is 3. The number of hydrogen-bond donors (Lipinski definition) is 1. The summed E-state index contributed by atoms with van der Waals surface area (Å²) in [6.07, 6.45) is 0. The first-order valence-electron chi connectivity index (χ1n) is 9.56. The van der Waals surface area contributed by atoms with E-state index in [-0.39, 0.29) is 24.4 Å². The molecule has 0 saturated heterocycles. The van der Waals surface area contributed by atoms with Gasteiger partial charge in [0, 0.05) is 11.1 Å². The minimum absolute atomic E-state index is 0.217. The Balaban J connectivity index is 1.74. The van der Waals surface area contributed by atoms with E-state index in [1.54, 1.807) is 30.3 Å². The summed E-state index contributed by atoms with van der Waals surface area (Å²) >= 11 is 0. The van der Waals surface area contributed by atoms with Crippen LogP contribution in [0.4, 0.5) is 4.39 Å². The highest BCUT2D eigenvalue weighted by molar-refractivity contribution is 5.94. The second kappa shape index (κ2) is 9.73. The lowest BCUT2D eigenvalue weighted by Gasteiger charge is -2.16. The number of carbonyl (C=O) groups excluding carboxylic acids is 1. The highest BCUT2D eigenvalue weighted by Crippen LogP contribution is 2.23. The van der Waals surface area contributed by atoms with Crippen LogP contribution in [0.3, 0.4) is 0 Å². The number of rotatable bonds is 8. The molecule has 5 heteroatoms. The van der Waals surface area contributed by atoms with Crippen molar-refractivity contribution in [2.45, 2.75) is 26.5 Å². The van der Waals surface area contributed by atoms with Gasteiger partial charge in [0.2, 0.25) is 0 Å². The van der Waals surface area contributed by atoms with Crippen LogP contribution in [0.15, 0.2) is 72.8 Å². The zero-order valence-corrected chi connectivity index (χ0v) is 16.5. The second-order valence-electron chi connectivity index (χ2n) is 6.60. The maximum atomic E-state index is 13.1. The van der Waals surface area contributed by atoms with Crippen LogP contribution in [0.2, 0.25) is 0 Å². The van der Waals surface area contributed by atoms with Crippen molar-refractivity contribution in [1.29, 1.82) is 0 Å². The molecule has 1 N–H and O–H groups in total. The molecule has 1 atom stereocenters. The molecule has 0 bridgehead atoms. The van der Waals surface area contributed by atoms with Crippen LogP contribution >= 0.6 is 0 Å². The molecule has 3 aromatic carbocycles. The lowest BCUT2D eigenvalue weighted by Crippen LogP contribution is -2.26. The number of amides is 1. The van der Waals surface area contributed by atoms with Gasteiger partial charge in [0.05, 0.1) is 12.6 Å². The van der Waals surface area contributed by atoms with E-state index in [1.807, 2.05) is 44.2 Å². The third kappa shape index (κ3) is 5.57. The average Bonchev–Trinajstić information content (AvgIpc) is 2.74. The molecule has 0 saturated carbocycles. The van der Waals surface area contributed by atoms with Crippen molar-refractivity contribution in [3.05, 3.63) is 95.3 Å². The van der Waals surface area contributed by atoms with Crippen LogP contribution in [-0.2, 0) is 6.61 Å². The minimum atomic E-state index is -0.304. The second-order valence-corrected chi connectivity index (χ2v) is 6.60. The number of nitrogens with one attached hydrogen (secondary N) is 1. The van der Waals surface area contributed by atoms with Crippen molar-refractivity contribution in [2.24, 2.45) is 0 Å². The summed E-state index contributed by atoms with van der Waals surface area (Å²) in [5, 5.41) is 2.94. The lowest BCUT2D eigenvalue weighted by atomic mass is 10.1. The van der Waals surface area contributed by atoms with E-state index in [9.17, 15) is 9.18 Å². The van der Waals surface area contributed by atoms with Crippen molar-refractivity contribution in [1.82, 2.24) is 5.32 Å². The van der Waals surface area contributed by atoms with Crippen LogP contribution in [0, 0.1) is 5.82 Å². The maximum absolute atomic E-state index is 13.1. The Morgan fingerprint density at radius 3 is 2.41 bits per heavy atom. The Bertz CT molecular complexity index is 942. The predicted octanol–water partition coefficient (Wildman–Crippen LogP) is 5.29. The molecular weight excluding hydrogens is 369 g/mol. The van der Waals surface area contributed by atoms with E-state index >= 15 is 0 Å². The highest BCUT2D eigenvalue weighted by Gasteiger charge is 2.14. The first kappa shape index (κ1) is 20.4. The van der Waals surface area contributed by atoms with Gasteiger partial charge in [-0.05, 0) is 61.9 Å². The molecule has 1 amide bonds. The first-order chi connectivity index (χ1) is 14.1. The Morgan fingerprint density at radius 1 is 1.00 bits per heavy atom. The van der Waals surface area contributed by atoms with Gasteiger partial charge in [-0.3, -0.25) is 4.79 Å². The zero-order valence-electron chi connectivity index (χ0n) is 16.5. The van der Waals surface area contributed by atoms with Crippen LogP contribution < -0.4 is 14.8 Å². The van der Waals surface area contributed by atoms with E-state index in [1.165, 1.54) is 12.1 Å². The summed E-state index contributed by atoms with van der Waals surface area (Å²) in [6.45, 7) is 4.57. The molecule has 150 valence electrons. The molecular formula is C24H24FNO3. The Morgan fingerprint density at radius 2 is 1.72 bits per heavy atom. The molecule has 0 fully saturated rings. The fourth-order valence-corrected chi connectivity index (χ4v) is 2.92. The highest BCUT2D eigenvalue weighted by atomic mass is 19.1. The van der Waals surface area contributed by atoms with Crippen LogP contribution in [0.5, 0.6) is 11.5 Å². The number of carbonyl (C=O) groups is 1. The first-order valence-corrected chi connectivity index (χ1v) is 9.56. The largest absolute Gasteiger partial charge is 0.493 e. The number of benzene rings is 3. The molecule has 0 radical (unpaired) electrons. The Labute approximate surface area is 170 Å². The van der Waals surface area contributed by atoms with Gasteiger partial charge in [-0.25, -0.2) is 4.39 Å². The monoisotopic (exact) mass is 393 g/mol. The van der Waals surface area contributed by atoms with Gasteiger partial charge in [0.1, 0.15) is 23.9 Å². The molecule has 4 nitrogen and oxygen atoms in total. The number of ether oxygens (including phenoxy) is 2. The van der Waals surface area contributed by atoms with Crippen molar-refractivity contribution < 1.29 is 18.7 Å². The number of halogens is 1. The minimum Gasteiger partial charge on any atom is -0.493 e. The summed E-state index contributed by atoms with van der Waals surface area (Å²) in [4.78, 5) is 12.7. The predicted molar refractivity (Wildman–Crippen MR) is 111 cm³/mol. The summed E-state index contributed by atoms with van der Waals surface area (Å²) < 4.78 is 24.6. The van der Waals surface area contributed by atoms with Crippen molar-refractivity contribution >= 4 is 5.91 Å². The molecule has 0 heterocycles. The topological polar surface area (TPSA) is 47.6 Å². The molecule has 3 rings (SSSR count). The van der Waals surface area contributed by atoms with E-state index in [0.29, 0.717) is 17.9 Å². The summed E-state index contributed by atoms with van der Waals surface area (Å²) in [5.41, 5.74) is 2.13. The molecule has 0 aromatic heterocycles. The Kier molecular flexibility index (Phi) is 6.85. The molecule has 3 aromatic rings. The van der Waals surface area contributed by atoms with Crippen molar-refractivity contribution in [3.63, 3.8) is 0 Å². The van der Waals surface area contributed by atoms with Crippen LogP contribution in [0.1, 0.15) is 41.4 Å². The summed E-state index contributed by atoms with van der Waals surface area (Å²) in [7, 11) is 0. The normalized spacial score (nSPS) is 11.6. The van der Waals surface area contributed by atoms with Crippen molar-refractivity contribution in [2.75, 3.05) is 6.61 Å². The molecule has 0 aliphatic rings.